The van der Waals surface area contributed by atoms with Crippen molar-refractivity contribution >= 4 is 11.9 Å². The van der Waals surface area contributed by atoms with Crippen molar-refractivity contribution in [2.75, 3.05) is 6.61 Å². The molecule has 2 N–H and O–H groups in total. The van der Waals surface area contributed by atoms with Gasteiger partial charge in [0.15, 0.2) is 0 Å². The van der Waals surface area contributed by atoms with Gasteiger partial charge in [-0.15, -0.1) is 0 Å². The van der Waals surface area contributed by atoms with Crippen molar-refractivity contribution in [3.63, 3.8) is 0 Å². The first-order chi connectivity index (χ1) is 14.0. The zero-order chi connectivity index (χ0) is 26.2. The Bertz CT molecular complexity index is 741. The molecule has 0 fully saturated rings. The molecule has 0 aliphatic rings. The number of halogens is 12. The van der Waals surface area contributed by atoms with E-state index in [-0.39, 0.29) is 12.2 Å². The molecule has 0 saturated heterocycles. The van der Waals surface area contributed by atoms with Crippen molar-refractivity contribution in [2.24, 2.45) is 0 Å². The largest absolute Gasteiger partial charge is 0.448 e. The van der Waals surface area contributed by atoms with Crippen LogP contribution in [0.15, 0.2) is 25.3 Å². The van der Waals surface area contributed by atoms with Gasteiger partial charge < -0.3 is 19.7 Å². The maximum absolute atomic E-state index is 14.1. The number of aliphatic hydroxyl groups is 2. The Kier molecular flexibility index (Phi) is 7.79. The van der Waals surface area contributed by atoms with Crippen LogP contribution in [0, 0.1) is 0 Å². The van der Waals surface area contributed by atoms with Crippen molar-refractivity contribution in [1.29, 1.82) is 0 Å². The summed E-state index contributed by atoms with van der Waals surface area (Å²) >= 11 is 0. The van der Waals surface area contributed by atoms with Crippen molar-refractivity contribution in [3.05, 3.63) is 25.3 Å². The Balaban J connectivity index is 6.90. The summed E-state index contributed by atoms with van der Waals surface area (Å²) in [5, 5.41) is 17.3. The van der Waals surface area contributed by atoms with Crippen molar-refractivity contribution in [3.8, 4) is 0 Å². The van der Waals surface area contributed by atoms with Gasteiger partial charge in [-0.2, -0.15) is 52.7 Å². The van der Waals surface area contributed by atoms with Crippen molar-refractivity contribution in [1.82, 2.24) is 0 Å². The third-order valence-electron chi connectivity index (χ3n) is 3.44. The van der Waals surface area contributed by atoms with Crippen LogP contribution in [-0.2, 0) is 19.1 Å². The predicted octanol–water partition coefficient (Wildman–Crippen LogP) is 2.90. The van der Waals surface area contributed by atoms with Crippen LogP contribution in [0.3, 0.4) is 0 Å². The Morgan fingerprint density at radius 2 is 0.938 bits per heavy atom. The van der Waals surface area contributed by atoms with E-state index in [2.05, 4.69) is 22.6 Å². The van der Waals surface area contributed by atoms with E-state index >= 15 is 0 Å². The van der Waals surface area contributed by atoms with Crippen LogP contribution < -0.4 is 0 Å². The molecule has 0 aliphatic heterocycles. The summed E-state index contributed by atoms with van der Waals surface area (Å²) in [4.78, 5) is 21.9. The molecule has 32 heavy (non-hydrogen) atoms. The molecule has 0 aromatic heterocycles. The van der Waals surface area contributed by atoms with Gasteiger partial charge in [0.1, 0.15) is 6.61 Å². The number of rotatable bonds is 11. The lowest BCUT2D eigenvalue weighted by molar-refractivity contribution is -0.486. The van der Waals surface area contributed by atoms with Gasteiger partial charge in [0.25, 0.3) is 0 Å². The summed E-state index contributed by atoms with van der Waals surface area (Å²) in [6.45, 7) is 1.66. The molecule has 0 spiro atoms. The Labute approximate surface area is 168 Å². The highest BCUT2D eigenvalue weighted by molar-refractivity contribution is 5.83. The van der Waals surface area contributed by atoms with Crippen LogP contribution in [0.2, 0.25) is 0 Å². The molecule has 186 valence electrons. The van der Waals surface area contributed by atoms with Gasteiger partial charge in [-0.3, -0.25) is 0 Å². The fraction of sp³-hybridized carbons (Fsp3) is 0.571. The second kappa shape index (κ2) is 8.45. The highest BCUT2D eigenvalue weighted by atomic mass is 19.4. The van der Waals surface area contributed by atoms with Crippen molar-refractivity contribution in [2.45, 2.75) is 41.5 Å². The van der Waals surface area contributed by atoms with E-state index < -0.39 is 60.1 Å². The van der Waals surface area contributed by atoms with E-state index in [1.165, 1.54) is 0 Å². The highest BCUT2D eigenvalue weighted by Crippen LogP contribution is 2.61. The maximum atomic E-state index is 14.1. The van der Waals surface area contributed by atoms with Gasteiger partial charge >= 0.3 is 53.4 Å². The number of alkyl halides is 12. The van der Waals surface area contributed by atoms with E-state index in [0.717, 1.165) is 0 Å². The number of esters is 2. The number of ether oxygens (including phenoxy) is 2. The number of hydrogen-bond donors (Lipinski definition) is 2. The topological polar surface area (TPSA) is 93.1 Å². The van der Waals surface area contributed by atoms with Crippen LogP contribution >= 0.6 is 0 Å². The minimum atomic E-state index is -8.21. The first kappa shape index (κ1) is 29.5. The molecule has 0 saturated carbocycles. The molecule has 0 rings (SSSR count). The average Bonchev–Trinajstić information content (AvgIpc) is 2.66. The summed E-state index contributed by atoms with van der Waals surface area (Å²) < 4.78 is 169. The zero-order valence-corrected chi connectivity index (χ0v) is 14.8. The quantitative estimate of drug-likeness (QED) is 0.196. The Hall–Kier alpha value is -2.50. The second-order valence-corrected chi connectivity index (χ2v) is 5.57. The number of hydrogen-bond acceptors (Lipinski definition) is 6. The van der Waals surface area contributed by atoms with Crippen LogP contribution in [-0.4, -0.2) is 70.3 Å². The molecule has 0 heterocycles. The molecule has 0 aliphatic carbocycles. The number of carbonyl (C=O) groups is 2. The molecular weight excluding hydrogens is 492 g/mol. The van der Waals surface area contributed by atoms with E-state index in [9.17, 15) is 67.4 Å². The van der Waals surface area contributed by atoms with E-state index in [4.69, 9.17) is 5.11 Å². The van der Waals surface area contributed by atoms with Gasteiger partial charge in [0.2, 0.25) is 0 Å². The molecule has 0 unspecified atom stereocenters. The molecule has 0 amide bonds. The van der Waals surface area contributed by atoms with Gasteiger partial charge in [-0.25, -0.2) is 9.59 Å². The molecule has 6 nitrogen and oxygen atoms in total. The summed E-state index contributed by atoms with van der Waals surface area (Å²) in [6, 6.07) is 0. The zero-order valence-electron chi connectivity index (χ0n) is 14.8. The van der Waals surface area contributed by atoms with Gasteiger partial charge in [-0.1, -0.05) is 13.2 Å². The SMILES string of the molecule is C=CC(=O)OC(O)(OC(=O)C=C)C(F)(F)C(F)(F)C(F)(F)C(F)(F)C(F)(F)C(F)(F)CO. The summed E-state index contributed by atoms with van der Waals surface area (Å²) in [5.41, 5.74) is 0. The fourth-order valence-electron chi connectivity index (χ4n) is 1.62. The van der Waals surface area contributed by atoms with Gasteiger partial charge in [0.05, 0.1) is 0 Å². The number of aliphatic hydroxyl groups excluding tert-OH is 1. The van der Waals surface area contributed by atoms with Crippen LogP contribution in [0.1, 0.15) is 0 Å². The molecule has 0 aromatic carbocycles. The Morgan fingerprint density at radius 1 is 0.656 bits per heavy atom. The van der Waals surface area contributed by atoms with Gasteiger partial charge in [0, 0.05) is 12.2 Å². The van der Waals surface area contributed by atoms with Crippen molar-refractivity contribution < 1.29 is 82.0 Å². The molecule has 0 atom stereocenters. The average molecular weight is 502 g/mol. The minimum Gasteiger partial charge on any atom is -0.390 e. The molecule has 0 aromatic rings. The third-order valence-corrected chi connectivity index (χ3v) is 3.44. The molecule has 0 bridgehead atoms. The lowest BCUT2D eigenvalue weighted by Gasteiger charge is -2.43. The van der Waals surface area contributed by atoms with E-state index in [1.54, 1.807) is 0 Å². The Morgan fingerprint density at radius 3 is 1.22 bits per heavy atom. The monoisotopic (exact) mass is 502 g/mol. The molecule has 18 heteroatoms. The highest BCUT2D eigenvalue weighted by Gasteiger charge is 2.93. The third kappa shape index (κ3) is 4.12. The summed E-state index contributed by atoms with van der Waals surface area (Å²) in [6.07, 6.45) is -0.465. The lowest BCUT2D eigenvalue weighted by atomic mass is 9.90. The first-order valence-electron chi connectivity index (χ1n) is 7.28. The van der Waals surface area contributed by atoms with Gasteiger partial charge in [-0.05, 0) is 0 Å². The summed E-state index contributed by atoms with van der Waals surface area (Å²) in [5.74, 6) is -56.7. The smallest absolute Gasteiger partial charge is 0.390 e. The predicted molar refractivity (Wildman–Crippen MR) is 74.3 cm³/mol. The first-order valence-corrected chi connectivity index (χ1v) is 7.28. The van der Waals surface area contributed by atoms with E-state index in [0.29, 0.717) is 0 Å². The van der Waals surface area contributed by atoms with Crippen LogP contribution in [0.25, 0.3) is 0 Å². The number of carbonyl (C=O) groups excluding carboxylic acids is 2. The lowest BCUT2D eigenvalue weighted by Crippen LogP contribution is -2.75. The second-order valence-electron chi connectivity index (χ2n) is 5.57. The minimum absolute atomic E-state index is 0.233. The summed E-state index contributed by atoms with van der Waals surface area (Å²) in [7, 11) is 0. The maximum Gasteiger partial charge on any atom is 0.448 e. The van der Waals surface area contributed by atoms with E-state index in [1.807, 2.05) is 0 Å². The fourth-order valence-corrected chi connectivity index (χ4v) is 1.62. The normalized spacial score (nSPS) is 14.6. The molecule has 0 radical (unpaired) electrons. The van der Waals surface area contributed by atoms with Crippen LogP contribution in [0.4, 0.5) is 52.7 Å². The van der Waals surface area contributed by atoms with Crippen LogP contribution in [0.5, 0.6) is 0 Å². The molecular formula is C14H10F12O6. The standard InChI is InChI=1S/C14H10F12O6/c1-3-6(28)31-14(30,32-7(29)4-2)13(25,26)12(23,24)11(21,22)10(19,20)9(17,18)8(15,16)5-27/h3-4,27,30H,1-2,5H2.